The van der Waals surface area contributed by atoms with Crippen molar-refractivity contribution < 1.29 is 23.8 Å². The summed E-state index contributed by atoms with van der Waals surface area (Å²) in [5.41, 5.74) is 0.420. The van der Waals surface area contributed by atoms with Crippen LogP contribution in [0.25, 0.3) is 10.2 Å². The fourth-order valence-corrected chi connectivity index (χ4v) is 4.37. The summed E-state index contributed by atoms with van der Waals surface area (Å²) in [6.45, 7) is 1.87. The number of carbonyl (C=O) groups is 2. The van der Waals surface area contributed by atoms with Gasteiger partial charge in [-0.3, -0.25) is 19.7 Å². The number of ether oxygens (including phenoxy) is 1. The minimum absolute atomic E-state index is 0.153. The number of aryl methyl sites for hydroxylation is 1. The van der Waals surface area contributed by atoms with E-state index in [1.807, 2.05) is 24.3 Å². The van der Waals surface area contributed by atoms with E-state index >= 15 is 0 Å². The molecule has 0 aliphatic carbocycles. The summed E-state index contributed by atoms with van der Waals surface area (Å²) in [4.78, 5) is 42.3. The molecule has 0 aliphatic rings. The van der Waals surface area contributed by atoms with Crippen LogP contribution in [0.3, 0.4) is 0 Å². The molecule has 3 N–H and O–H groups in total. The number of nitrogens with zero attached hydrogens (tertiary/aromatic N) is 1. The summed E-state index contributed by atoms with van der Waals surface area (Å²) in [6, 6.07) is 13.9. The zero-order valence-electron chi connectivity index (χ0n) is 19.0. The molecule has 4 aromatic rings. The normalized spacial score (nSPS) is 11.8. The lowest BCUT2D eigenvalue weighted by atomic mass is 10.0. The van der Waals surface area contributed by atoms with E-state index in [1.54, 1.807) is 31.2 Å². The number of benzene rings is 2. The summed E-state index contributed by atoms with van der Waals surface area (Å²) in [6.07, 6.45) is 0. The molecule has 9 nitrogen and oxygen atoms in total. The monoisotopic (exact) mass is 493 g/mol. The van der Waals surface area contributed by atoms with Crippen molar-refractivity contribution in [2.45, 2.75) is 13.0 Å². The third-order valence-electron chi connectivity index (χ3n) is 5.22. The number of carbonyl (C=O) groups excluding carboxylic acids is 2. The Morgan fingerprint density at radius 3 is 2.60 bits per heavy atom. The van der Waals surface area contributed by atoms with Crippen LogP contribution < -0.4 is 20.8 Å². The molecule has 10 heteroatoms. The van der Waals surface area contributed by atoms with Crippen LogP contribution >= 0.6 is 11.3 Å². The molecule has 2 aromatic carbocycles. The van der Waals surface area contributed by atoms with E-state index in [9.17, 15) is 19.5 Å². The Bertz CT molecular complexity index is 1390. The van der Waals surface area contributed by atoms with Crippen LogP contribution in [-0.2, 0) is 0 Å². The van der Waals surface area contributed by atoms with Crippen LogP contribution in [0.15, 0.2) is 63.8 Å². The van der Waals surface area contributed by atoms with Gasteiger partial charge in [0.2, 0.25) is 11.2 Å². The Morgan fingerprint density at radius 1 is 1.14 bits per heavy atom. The number of methoxy groups -OCH3 is 1. The van der Waals surface area contributed by atoms with Gasteiger partial charge in [-0.15, -0.1) is 11.3 Å². The van der Waals surface area contributed by atoms with Crippen LogP contribution in [0.5, 0.6) is 11.5 Å². The third-order valence-corrected chi connectivity index (χ3v) is 6.25. The summed E-state index contributed by atoms with van der Waals surface area (Å²) >= 11 is 1.29. The number of hydrogen-bond donors (Lipinski definition) is 3. The maximum Gasteiger partial charge on any atom is 0.280 e. The van der Waals surface area contributed by atoms with Gasteiger partial charge in [-0.25, -0.2) is 4.98 Å². The number of thiazole rings is 1. The number of amides is 1. The number of rotatable bonds is 9. The fraction of sp³-hybridized carbons (Fsp3) is 0.200. The molecular weight excluding hydrogens is 470 g/mol. The van der Waals surface area contributed by atoms with Gasteiger partial charge < -0.3 is 19.6 Å². The maximum absolute atomic E-state index is 13.3. The molecule has 4 rings (SSSR count). The minimum Gasteiger partial charge on any atom is -0.502 e. The summed E-state index contributed by atoms with van der Waals surface area (Å²) in [5, 5.41) is 16.4. The van der Waals surface area contributed by atoms with Gasteiger partial charge in [0.25, 0.3) is 5.91 Å². The van der Waals surface area contributed by atoms with Gasteiger partial charge in [0, 0.05) is 24.7 Å². The van der Waals surface area contributed by atoms with E-state index in [0.29, 0.717) is 16.3 Å². The van der Waals surface area contributed by atoms with Crippen molar-refractivity contribution in [2.75, 3.05) is 20.2 Å². The first-order chi connectivity index (χ1) is 16.9. The van der Waals surface area contributed by atoms with E-state index in [4.69, 9.17) is 9.15 Å². The number of para-hydroxylation sites is 1. The molecule has 0 fully saturated rings. The average Bonchev–Trinajstić information content (AvgIpc) is 3.30. The van der Waals surface area contributed by atoms with Crippen LogP contribution in [0.1, 0.15) is 37.7 Å². The first-order valence-electron chi connectivity index (χ1n) is 10.8. The predicted molar refractivity (Wildman–Crippen MR) is 131 cm³/mol. The minimum atomic E-state index is -1.16. The number of aromatic nitrogens is 1. The van der Waals surface area contributed by atoms with Gasteiger partial charge in [0.1, 0.15) is 17.6 Å². The second kappa shape index (κ2) is 10.5. The van der Waals surface area contributed by atoms with E-state index < -0.39 is 23.0 Å². The van der Waals surface area contributed by atoms with Crippen LogP contribution in [0.4, 0.5) is 0 Å². The number of ketones is 1. The molecule has 0 aliphatic heterocycles. The molecule has 0 radical (unpaired) electrons. The first kappa shape index (κ1) is 24.1. The van der Waals surface area contributed by atoms with E-state index in [-0.39, 0.29) is 30.5 Å². The van der Waals surface area contributed by atoms with Crippen LogP contribution in [-0.4, -0.2) is 42.0 Å². The molecule has 0 saturated heterocycles. The smallest absolute Gasteiger partial charge is 0.280 e. The average molecular weight is 494 g/mol. The number of fused-ring (bicyclic) bond motifs is 1. The third kappa shape index (κ3) is 5.39. The van der Waals surface area contributed by atoms with E-state index in [2.05, 4.69) is 15.6 Å². The Morgan fingerprint density at radius 2 is 1.89 bits per heavy atom. The topological polar surface area (TPSA) is 131 Å². The van der Waals surface area contributed by atoms with Crippen molar-refractivity contribution in [1.82, 2.24) is 15.6 Å². The Hall–Kier alpha value is -4.02. The van der Waals surface area contributed by atoms with Gasteiger partial charge in [-0.05, 0) is 43.3 Å². The van der Waals surface area contributed by atoms with Crippen molar-refractivity contribution in [2.24, 2.45) is 0 Å². The number of nitrogens with one attached hydrogen (secondary N) is 2. The molecule has 2 heterocycles. The largest absolute Gasteiger partial charge is 0.502 e. The van der Waals surface area contributed by atoms with Crippen molar-refractivity contribution in [3.05, 3.63) is 86.9 Å². The number of Topliss-reactive ketones (excluding diaryl/α,β-unsaturated/α-hetero) is 1. The zero-order valence-corrected chi connectivity index (χ0v) is 19.8. The second-order valence-electron chi connectivity index (χ2n) is 7.66. The summed E-state index contributed by atoms with van der Waals surface area (Å²) < 4.78 is 11.6. The lowest BCUT2D eigenvalue weighted by Crippen LogP contribution is -2.36. The molecule has 1 unspecified atom stereocenters. The van der Waals surface area contributed by atoms with Crippen molar-refractivity contribution >= 4 is 33.2 Å². The second-order valence-corrected chi connectivity index (χ2v) is 8.69. The molecule has 2 aromatic heterocycles. The maximum atomic E-state index is 13.3. The van der Waals surface area contributed by atoms with Gasteiger partial charge >= 0.3 is 0 Å². The molecular formula is C25H23N3O6S. The van der Waals surface area contributed by atoms with Gasteiger partial charge in [-0.2, -0.15) is 0 Å². The molecule has 35 heavy (non-hydrogen) atoms. The van der Waals surface area contributed by atoms with Crippen molar-refractivity contribution in [1.29, 1.82) is 0 Å². The summed E-state index contributed by atoms with van der Waals surface area (Å²) in [5.74, 6) is -0.762. The van der Waals surface area contributed by atoms with E-state index in [0.717, 1.165) is 16.3 Å². The summed E-state index contributed by atoms with van der Waals surface area (Å²) in [7, 11) is 1.52. The predicted octanol–water partition coefficient (Wildman–Crippen LogP) is 3.22. The number of hydrogen-bond acceptors (Lipinski definition) is 9. The van der Waals surface area contributed by atoms with Crippen LogP contribution in [0, 0.1) is 6.92 Å². The van der Waals surface area contributed by atoms with Crippen molar-refractivity contribution in [3.8, 4) is 11.5 Å². The van der Waals surface area contributed by atoms with E-state index in [1.165, 1.54) is 18.4 Å². The highest BCUT2D eigenvalue weighted by Gasteiger charge is 2.28. The fourth-order valence-electron chi connectivity index (χ4n) is 3.49. The first-order valence-corrected chi connectivity index (χ1v) is 11.6. The highest BCUT2D eigenvalue weighted by molar-refractivity contribution is 7.20. The molecule has 1 atom stereocenters. The standard InChI is InChI=1S/C25H23N3O6S/c1-14-13-18(29)22(31)23(34-14)20(21(30)15-7-9-16(33-2)10-8-15)26-11-12-27-24(32)25-28-17-5-3-4-6-19(17)35-25/h3-10,13,20,26,31H,11-12H2,1-2H3,(H,27,32). The van der Waals surface area contributed by atoms with Crippen LogP contribution in [0.2, 0.25) is 0 Å². The van der Waals surface area contributed by atoms with Crippen molar-refractivity contribution in [3.63, 3.8) is 0 Å². The van der Waals surface area contributed by atoms with Gasteiger partial charge in [0.05, 0.1) is 17.3 Å². The Labute approximate surface area is 204 Å². The molecule has 1 amide bonds. The van der Waals surface area contributed by atoms with Gasteiger partial charge in [-0.1, -0.05) is 12.1 Å². The Balaban J connectivity index is 1.49. The lowest BCUT2D eigenvalue weighted by molar-refractivity contribution is 0.0926. The molecule has 0 spiro atoms. The zero-order chi connectivity index (χ0) is 24.9. The number of aromatic hydroxyl groups is 1. The Kier molecular flexibility index (Phi) is 7.23. The lowest BCUT2D eigenvalue weighted by Gasteiger charge is -2.18. The highest BCUT2D eigenvalue weighted by Crippen LogP contribution is 2.26. The highest BCUT2D eigenvalue weighted by atomic mass is 32.1. The molecule has 180 valence electrons. The molecule has 0 bridgehead atoms. The molecule has 0 saturated carbocycles. The SMILES string of the molecule is COc1ccc(C(=O)C(NCCNC(=O)c2nc3ccccc3s2)c2oc(C)cc(=O)c2O)cc1. The quantitative estimate of drug-likeness (QED) is 0.239. The van der Waals surface area contributed by atoms with Gasteiger partial charge in [0.15, 0.2) is 16.6 Å².